The summed E-state index contributed by atoms with van der Waals surface area (Å²) in [6.45, 7) is 4.10. The predicted octanol–water partition coefficient (Wildman–Crippen LogP) is 2.36. The van der Waals surface area contributed by atoms with E-state index >= 15 is 0 Å². The van der Waals surface area contributed by atoms with Crippen LogP contribution in [0.15, 0.2) is 35.4 Å². The molecule has 0 saturated heterocycles. The first-order valence-electron chi connectivity index (χ1n) is 6.37. The molecule has 6 heteroatoms. The Kier molecular flexibility index (Phi) is 4.44. The van der Waals surface area contributed by atoms with Crippen molar-refractivity contribution in [3.8, 4) is 5.75 Å². The maximum atomic E-state index is 12.4. The standard InChI is InChI=1S/C14H19N3O2S/c1-10(2)17-7-6-12(16-17)9-20(18)14-5-4-11(15)8-13(14)19-3/h4-8,10H,9,15H2,1-3H3. The van der Waals surface area contributed by atoms with Gasteiger partial charge < -0.3 is 10.5 Å². The smallest absolute Gasteiger partial charge is 0.137 e. The summed E-state index contributed by atoms with van der Waals surface area (Å²) in [4.78, 5) is 0.640. The lowest BCUT2D eigenvalue weighted by molar-refractivity contribution is 0.404. The molecule has 0 amide bonds. The summed E-state index contributed by atoms with van der Waals surface area (Å²) in [5.74, 6) is 0.909. The van der Waals surface area contributed by atoms with E-state index < -0.39 is 10.8 Å². The van der Waals surface area contributed by atoms with Crippen molar-refractivity contribution in [3.05, 3.63) is 36.2 Å². The minimum absolute atomic E-state index is 0.295. The first-order valence-corrected chi connectivity index (χ1v) is 7.69. The number of nitrogens with zero attached hydrogens (tertiary/aromatic N) is 2. The molecule has 0 spiro atoms. The molecule has 2 rings (SSSR count). The molecule has 5 nitrogen and oxygen atoms in total. The van der Waals surface area contributed by atoms with Crippen LogP contribution < -0.4 is 10.5 Å². The highest BCUT2D eigenvalue weighted by Crippen LogP contribution is 2.26. The largest absolute Gasteiger partial charge is 0.495 e. The van der Waals surface area contributed by atoms with Gasteiger partial charge in [-0.3, -0.25) is 8.89 Å². The number of aromatic nitrogens is 2. The molecule has 20 heavy (non-hydrogen) atoms. The molecule has 0 fully saturated rings. The number of nitrogen functional groups attached to an aromatic ring is 1. The molecule has 2 N–H and O–H groups in total. The average molecular weight is 293 g/mol. The SMILES string of the molecule is COc1cc(N)ccc1S(=O)Cc1ccn(C(C)C)n1. The van der Waals surface area contributed by atoms with E-state index in [1.165, 1.54) is 0 Å². The Bertz CT molecular complexity index is 623. The minimum Gasteiger partial charge on any atom is -0.495 e. The van der Waals surface area contributed by atoms with Gasteiger partial charge in [-0.15, -0.1) is 0 Å². The van der Waals surface area contributed by atoms with Crippen LogP contribution in [0.1, 0.15) is 25.6 Å². The molecule has 0 aliphatic rings. The Morgan fingerprint density at radius 1 is 1.40 bits per heavy atom. The molecule has 0 saturated carbocycles. The van der Waals surface area contributed by atoms with Crippen LogP contribution >= 0.6 is 0 Å². The lowest BCUT2D eigenvalue weighted by Crippen LogP contribution is -2.04. The van der Waals surface area contributed by atoms with E-state index in [4.69, 9.17) is 10.5 Å². The van der Waals surface area contributed by atoms with Gasteiger partial charge in [0.15, 0.2) is 0 Å². The summed E-state index contributed by atoms with van der Waals surface area (Å²) in [5.41, 5.74) is 7.09. The van der Waals surface area contributed by atoms with Crippen molar-refractivity contribution in [2.75, 3.05) is 12.8 Å². The Labute approximate surface area is 121 Å². The maximum Gasteiger partial charge on any atom is 0.137 e. The zero-order chi connectivity index (χ0) is 14.7. The van der Waals surface area contributed by atoms with Crippen molar-refractivity contribution in [1.82, 2.24) is 9.78 Å². The van der Waals surface area contributed by atoms with Crippen molar-refractivity contribution in [3.63, 3.8) is 0 Å². The molecule has 1 heterocycles. The summed E-state index contributed by atoms with van der Waals surface area (Å²) in [5, 5.41) is 4.41. The molecule has 0 aliphatic heterocycles. The molecule has 1 aromatic heterocycles. The number of ether oxygens (including phenoxy) is 1. The Balaban J connectivity index is 2.19. The van der Waals surface area contributed by atoms with Gasteiger partial charge in [-0.2, -0.15) is 5.10 Å². The van der Waals surface area contributed by atoms with Gasteiger partial charge in [0.1, 0.15) is 5.75 Å². The van der Waals surface area contributed by atoms with Crippen LogP contribution in [-0.2, 0) is 16.6 Å². The van der Waals surface area contributed by atoms with Crippen LogP contribution in [0.3, 0.4) is 0 Å². The highest BCUT2D eigenvalue weighted by molar-refractivity contribution is 7.84. The quantitative estimate of drug-likeness (QED) is 0.859. The number of rotatable bonds is 5. The molecule has 0 radical (unpaired) electrons. The van der Waals surface area contributed by atoms with Crippen molar-refractivity contribution in [2.45, 2.75) is 30.5 Å². The first kappa shape index (κ1) is 14.6. The molecule has 1 aromatic carbocycles. The lowest BCUT2D eigenvalue weighted by atomic mass is 10.3. The van der Waals surface area contributed by atoms with E-state index in [9.17, 15) is 4.21 Å². The predicted molar refractivity (Wildman–Crippen MR) is 80.1 cm³/mol. The van der Waals surface area contributed by atoms with Crippen LogP contribution in [0.5, 0.6) is 5.75 Å². The summed E-state index contributed by atoms with van der Waals surface area (Å²) in [6, 6.07) is 7.33. The second-order valence-corrected chi connectivity index (χ2v) is 6.20. The molecule has 108 valence electrons. The maximum absolute atomic E-state index is 12.4. The van der Waals surface area contributed by atoms with Crippen LogP contribution in [0.2, 0.25) is 0 Å². The third-order valence-electron chi connectivity index (χ3n) is 2.90. The zero-order valence-corrected chi connectivity index (χ0v) is 12.7. The van der Waals surface area contributed by atoms with Crippen LogP contribution in [0.4, 0.5) is 5.69 Å². The van der Waals surface area contributed by atoms with Gasteiger partial charge in [-0.05, 0) is 32.0 Å². The molecular formula is C14H19N3O2S. The molecule has 1 unspecified atom stereocenters. The molecule has 0 aliphatic carbocycles. The Morgan fingerprint density at radius 3 is 2.75 bits per heavy atom. The van der Waals surface area contributed by atoms with Crippen molar-refractivity contribution in [2.24, 2.45) is 0 Å². The number of nitrogens with two attached hydrogens (primary N) is 1. The van der Waals surface area contributed by atoms with E-state index in [1.54, 1.807) is 25.3 Å². The third kappa shape index (κ3) is 3.19. The Hall–Kier alpha value is -1.82. The van der Waals surface area contributed by atoms with Crippen LogP contribution in [0.25, 0.3) is 0 Å². The van der Waals surface area contributed by atoms with Gasteiger partial charge >= 0.3 is 0 Å². The van der Waals surface area contributed by atoms with E-state index in [0.717, 1.165) is 5.69 Å². The van der Waals surface area contributed by atoms with Gasteiger partial charge in [0.25, 0.3) is 0 Å². The van der Waals surface area contributed by atoms with Gasteiger partial charge in [-0.1, -0.05) is 0 Å². The average Bonchev–Trinajstić information content (AvgIpc) is 2.87. The molecular weight excluding hydrogens is 274 g/mol. The number of hydrogen-bond acceptors (Lipinski definition) is 4. The van der Waals surface area contributed by atoms with Gasteiger partial charge in [0, 0.05) is 24.0 Å². The highest BCUT2D eigenvalue weighted by atomic mass is 32.2. The van der Waals surface area contributed by atoms with E-state index in [1.807, 2.05) is 16.9 Å². The zero-order valence-electron chi connectivity index (χ0n) is 11.9. The van der Waals surface area contributed by atoms with Crippen molar-refractivity contribution < 1.29 is 8.95 Å². The number of methoxy groups -OCH3 is 1. The molecule has 2 aromatic rings. The Morgan fingerprint density at radius 2 is 2.15 bits per heavy atom. The van der Waals surface area contributed by atoms with Crippen LogP contribution in [-0.4, -0.2) is 21.1 Å². The fourth-order valence-corrected chi connectivity index (χ4v) is 2.99. The third-order valence-corrected chi connectivity index (χ3v) is 4.29. The first-order chi connectivity index (χ1) is 9.51. The van der Waals surface area contributed by atoms with Gasteiger partial charge in [0.05, 0.1) is 34.3 Å². The summed E-state index contributed by atoms with van der Waals surface area (Å²) in [6.07, 6.45) is 1.90. The van der Waals surface area contributed by atoms with Crippen LogP contribution in [0, 0.1) is 0 Å². The number of benzene rings is 1. The summed E-state index contributed by atoms with van der Waals surface area (Å²) >= 11 is 0. The van der Waals surface area contributed by atoms with Gasteiger partial charge in [0.2, 0.25) is 0 Å². The van der Waals surface area contributed by atoms with Crippen molar-refractivity contribution in [1.29, 1.82) is 0 Å². The number of anilines is 1. The van der Waals surface area contributed by atoms with Crippen molar-refractivity contribution >= 4 is 16.5 Å². The van der Waals surface area contributed by atoms with E-state index in [0.29, 0.717) is 28.1 Å². The molecule has 0 bridgehead atoms. The van der Waals surface area contributed by atoms with Gasteiger partial charge in [-0.25, -0.2) is 0 Å². The minimum atomic E-state index is -1.21. The lowest BCUT2D eigenvalue weighted by Gasteiger charge is -2.08. The monoisotopic (exact) mass is 293 g/mol. The van der Waals surface area contributed by atoms with E-state index in [-0.39, 0.29) is 0 Å². The normalized spacial score (nSPS) is 12.6. The topological polar surface area (TPSA) is 70.1 Å². The number of hydrogen-bond donors (Lipinski definition) is 1. The fraction of sp³-hybridized carbons (Fsp3) is 0.357. The summed E-state index contributed by atoms with van der Waals surface area (Å²) < 4.78 is 19.5. The second-order valence-electron chi connectivity index (χ2n) is 4.78. The highest BCUT2D eigenvalue weighted by Gasteiger charge is 2.13. The van der Waals surface area contributed by atoms with E-state index in [2.05, 4.69) is 18.9 Å². The molecule has 1 atom stereocenters. The summed E-state index contributed by atoms with van der Waals surface area (Å²) in [7, 11) is 0.334. The second kappa shape index (κ2) is 6.09. The fourth-order valence-electron chi connectivity index (χ4n) is 1.83.